The molecule has 0 spiro atoms. The summed E-state index contributed by atoms with van der Waals surface area (Å²) < 4.78 is 0. The molecule has 1 aromatic rings. The number of nitrogens with one attached hydrogen (secondary N) is 1. The second-order valence-corrected chi connectivity index (χ2v) is 4.58. The average molecular weight is 234 g/mol. The van der Waals surface area contributed by atoms with E-state index >= 15 is 0 Å². The Morgan fingerprint density at radius 3 is 2.53 bits per heavy atom. The smallest absolute Gasteiger partial charge is 0.231 e. The number of hydrogen-bond donors (Lipinski definition) is 2. The number of rotatable bonds is 5. The normalized spacial score (nSPS) is 14.1. The van der Waals surface area contributed by atoms with Crippen molar-refractivity contribution in [2.24, 2.45) is 11.1 Å². The van der Waals surface area contributed by atoms with Gasteiger partial charge in [-0.05, 0) is 31.4 Å². The topological polar surface area (TPSA) is 55.1 Å². The second-order valence-electron chi connectivity index (χ2n) is 4.58. The summed E-state index contributed by atoms with van der Waals surface area (Å²) in [6.07, 6.45) is 1.64. The van der Waals surface area contributed by atoms with Gasteiger partial charge in [0.05, 0.1) is 5.41 Å². The minimum atomic E-state index is -0.485. The van der Waals surface area contributed by atoms with E-state index < -0.39 is 5.41 Å². The first-order valence-corrected chi connectivity index (χ1v) is 6.16. The Bertz CT molecular complexity index is 384. The van der Waals surface area contributed by atoms with Gasteiger partial charge >= 0.3 is 0 Å². The van der Waals surface area contributed by atoms with Gasteiger partial charge in [0.15, 0.2) is 0 Å². The average Bonchev–Trinajstić information content (AvgIpc) is 2.38. The van der Waals surface area contributed by atoms with Gasteiger partial charge in [-0.2, -0.15) is 0 Å². The van der Waals surface area contributed by atoms with Crippen LogP contribution in [-0.4, -0.2) is 12.5 Å². The largest absolute Gasteiger partial charge is 0.329 e. The number of anilines is 1. The zero-order valence-corrected chi connectivity index (χ0v) is 10.9. The van der Waals surface area contributed by atoms with Crippen molar-refractivity contribution in [3.8, 4) is 0 Å². The Morgan fingerprint density at radius 1 is 1.35 bits per heavy atom. The summed E-state index contributed by atoms with van der Waals surface area (Å²) in [6, 6.07) is 7.88. The summed E-state index contributed by atoms with van der Waals surface area (Å²) in [5, 5.41) is 2.98. The molecule has 17 heavy (non-hydrogen) atoms. The molecule has 0 fully saturated rings. The molecule has 0 saturated carbocycles. The van der Waals surface area contributed by atoms with Crippen LogP contribution < -0.4 is 11.1 Å². The first kappa shape index (κ1) is 13.7. The maximum atomic E-state index is 12.2. The molecule has 94 valence electrons. The molecule has 0 bridgehead atoms. The van der Waals surface area contributed by atoms with E-state index in [2.05, 4.69) is 12.2 Å². The number of carbonyl (C=O) groups is 1. The Kier molecular flexibility index (Phi) is 4.70. The monoisotopic (exact) mass is 234 g/mol. The van der Waals surface area contributed by atoms with Crippen LogP contribution in [0.5, 0.6) is 0 Å². The van der Waals surface area contributed by atoms with Crippen molar-refractivity contribution < 1.29 is 4.79 Å². The maximum Gasteiger partial charge on any atom is 0.231 e. The first-order valence-electron chi connectivity index (χ1n) is 6.16. The number of carbonyl (C=O) groups excluding carboxylic acids is 1. The molecule has 1 aromatic carbocycles. The quantitative estimate of drug-likeness (QED) is 0.822. The highest BCUT2D eigenvalue weighted by atomic mass is 16.2. The number of hydrogen-bond acceptors (Lipinski definition) is 2. The molecule has 1 atom stereocenters. The minimum Gasteiger partial charge on any atom is -0.329 e. The summed E-state index contributed by atoms with van der Waals surface area (Å²) in [4.78, 5) is 12.2. The van der Waals surface area contributed by atoms with Crippen molar-refractivity contribution in [3.05, 3.63) is 29.8 Å². The SMILES string of the molecule is CCc1ccccc1NC(=O)C(C)(CC)CN. The Hall–Kier alpha value is -1.35. The molecule has 1 rings (SSSR count). The zero-order valence-electron chi connectivity index (χ0n) is 10.9. The highest BCUT2D eigenvalue weighted by Gasteiger charge is 2.29. The third-order valence-electron chi connectivity index (χ3n) is 3.43. The van der Waals surface area contributed by atoms with Crippen LogP contribution in [0.1, 0.15) is 32.8 Å². The lowest BCUT2D eigenvalue weighted by molar-refractivity contribution is -0.124. The van der Waals surface area contributed by atoms with Gasteiger partial charge in [0, 0.05) is 12.2 Å². The Labute approximate surface area is 103 Å². The van der Waals surface area contributed by atoms with Crippen LogP contribution in [0.2, 0.25) is 0 Å². The number of para-hydroxylation sites is 1. The molecule has 3 N–H and O–H groups in total. The summed E-state index contributed by atoms with van der Waals surface area (Å²) in [6.45, 7) is 6.33. The van der Waals surface area contributed by atoms with E-state index in [4.69, 9.17) is 5.73 Å². The Morgan fingerprint density at radius 2 is 2.00 bits per heavy atom. The molecular formula is C14H22N2O. The van der Waals surface area contributed by atoms with Gasteiger partial charge in [-0.1, -0.05) is 32.0 Å². The summed E-state index contributed by atoms with van der Waals surface area (Å²) in [5.41, 5.74) is 7.24. The molecule has 1 unspecified atom stereocenters. The molecule has 1 amide bonds. The van der Waals surface area contributed by atoms with E-state index in [0.717, 1.165) is 24.1 Å². The third-order valence-corrected chi connectivity index (χ3v) is 3.43. The van der Waals surface area contributed by atoms with E-state index in [1.165, 1.54) is 0 Å². The Balaban J connectivity index is 2.87. The summed E-state index contributed by atoms with van der Waals surface area (Å²) >= 11 is 0. The van der Waals surface area contributed by atoms with E-state index in [0.29, 0.717) is 6.54 Å². The fraction of sp³-hybridized carbons (Fsp3) is 0.500. The van der Waals surface area contributed by atoms with Crippen molar-refractivity contribution >= 4 is 11.6 Å². The summed E-state index contributed by atoms with van der Waals surface area (Å²) in [5.74, 6) is 0.00315. The molecule has 0 aliphatic rings. The van der Waals surface area contributed by atoms with Crippen LogP contribution in [0.15, 0.2) is 24.3 Å². The maximum absolute atomic E-state index is 12.2. The van der Waals surface area contributed by atoms with E-state index in [-0.39, 0.29) is 5.91 Å². The van der Waals surface area contributed by atoms with Crippen LogP contribution in [0.3, 0.4) is 0 Å². The lowest BCUT2D eigenvalue weighted by Gasteiger charge is -2.25. The van der Waals surface area contributed by atoms with E-state index in [9.17, 15) is 4.79 Å². The first-order chi connectivity index (χ1) is 8.07. The fourth-order valence-corrected chi connectivity index (χ4v) is 1.62. The van der Waals surface area contributed by atoms with Gasteiger partial charge in [-0.25, -0.2) is 0 Å². The second kappa shape index (κ2) is 5.82. The minimum absolute atomic E-state index is 0.00315. The van der Waals surface area contributed by atoms with Gasteiger partial charge in [-0.3, -0.25) is 4.79 Å². The predicted octanol–water partition coefficient (Wildman–Crippen LogP) is 2.56. The van der Waals surface area contributed by atoms with Crippen LogP contribution in [-0.2, 0) is 11.2 Å². The van der Waals surface area contributed by atoms with Gasteiger partial charge in [0.25, 0.3) is 0 Å². The molecule has 0 aromatic heterocycles. The van der Waals surface area contributed by atoms with Crippen LogP contribution >= 0.6 is 0 Å². The van der Waals surface area contributed by atoms with Crippen molar-refractivity contribution in [3.63, 3.8) is 0 Å². The molecule has 3 heteroatoms. The van der Waals surface area contributed by atoms with Crippen LogP contribution in [0.25, 0.3) is 0 Å². The van der Waals surface area contributed by atoms with E-state index in [1.807, 2.05) is 38.1 Å². The zero-order chi connectivity index (χ0) is 12.9. The molecule has 0 radical (unpaired) electrons. The van der Waals surface area contributed by atoms with Crippen molar-refractivity contribution in [2.45, 2.75) is 33.6 Å². The lowest BCUT2D eigenvalue weighted by Crippen LogP contribution is -2.39. The highest BCUT2D eigenvalue weighted by molar-refractivity contribution is 5.95. The lowest BCUT2D eigenvalue weighted by atomic mass is 9.86. The van der Waals surface area contributed by atoms with Gasteiger partial charge in [0.2, 0.25) is 5.91 Å². The van der Waals surface area contributed by atoms with Crippen molar-refractivity contribution in [2.75, 3.05) is 11.9 Å². The number of benzene rings is 1. The molecular weight excluding hydrogens is 212 g/mol. The number of aryl methyl sites for hydroxylation is 1. The molecule has 0 aliphatic heterocycles. The van der Waals surface area contributed by atoms with Crippen molar-refractivity contribution in [1.29, 1.82) is 0 Å². The van der Waals surface area contributed by atoms with E-state index in [1.54, 1.807) is 0 Å². The van der Waals surface area contributed by atoms with Gasteiger partial charge in [0.1, 0.15) is 0 Å². The van der Waals surface area contributed by atoms with Gasteiger partial charge < -0.3 is 11.1 Å². The molecule has 0 heterocycles. The number of amides is 1. The third kappa shape index (κ3) is 3.07. The summed E-state index contributed by atoms with van der Waals surface area (Å²) in [7, 11) is 0. The number of nitrogens with two attached hydrogens (primary N) is 1. The fourth-order valence-electron chi connectivity index (χ4n) is 1.62. The molecule has 0 aliphatic carbocycles. The highest BCUT2D eigenvalue weighted by Crippen LogP contribution is 2.23. The molecule has 3 nitrogen and oxygen atoms in total. The molecule has 0 saturated heterocycles. The van der Waals surface area contributed by atoms with Crippen LogP contribution in [0, 0.1) is 5.41 Å². The standard InChI is InChI=1S/C14H22N2O/c1-4-11-8-6-7-9-12(11)16-13(17)14(3,5-2)10-15/h6-9H,4-5,10,15H2,1-3H3,(H,16,17). The van der Waals surface area contributed by atoms with Crippen LogP contribution in [0.4, 0.5) is 5.69 Å². The van der Waals surface area contributed by atoms with Crippen molar-refractivity contribution in [1.82, 2.24) is 0 Å². The van der Waals surface area contributed by atoms with Gasteiger partial charge in [-0.15, -0.1) is 0 Å². The predicted molar refractivity (Wildman–Crippen MR) is 71.9 cm³/mol.